The standard InChI is InChI=1S/C20H18O.C9H12O/c21-20-12-11-18(13-16-7-3-1-4-8-16)15-19(20)14-17-9-5-2-6-10-17;1-6-4-7(2)9(10)8(3)5-6/h1-12,15,21H,13-14H2;4-5,10H,1-3H3. The van der Waals surface area contributed by atoms with Crippen LogP contribution in [0, 0.1) is 20.8 Å². The molecule has 4 aromatic rings. The molecule has 158 valence electrons. The summed E-state index contributed by atoms with van der Waals surface area (Å²) in [5, 5.41) is 19.4. The van der Waals surface area contributed by atoms with E-state index in [-0.39, 0.29) is 0 Å². The summed E-state index contributed by atoms with van der Waals surface area (Å²) in [6.45, 7) is 5.85. The number of hydrogen-bond donors (Lipinski definition) is 2. The summed E-state index contributed by atoms with van der Waals surface area (Å²) in [5.41, 5.74) is 7.82. The summed E-state index contributed by atoms with van der Waals surface area (Å²) in [7, 11) is 0. The lowest BCUT2D eigenvalue weighted by atomic mass is 9.98. The highest BCUT2D eigenvalue weighted by molar-refractivity contribution is 5.42. The van der Waals surface area contributed by atoms with Gasteiger partial charge in [0.1, 0.15) is 11.5 Å². The Morgan fingerprint density at radius 1 is 0.548 bits per heavy atom. The van der Waals surface area contributed by atoms with E-state index < -0.39 is 0 Å². The number of phenolic OH excluding ortho intramolecular Hbond substituents is 2. The second kappa shape index (κ2) is 10.5. The van der Waals surface area contributed by atoms with Crippen molar-refractivity contribution in [2.75, 3.05) is 0 Å². The molecule has 4 aromatic carbocycles. The number of phenols is 2. The normalized spacial score (nSPS) is 10.3. The van der Waals surface area contributed by atoms with Crippen LogP contribution < -0.4 is 0 Å². The van der Waals surface area contributed by atoms with E-state index >= 15 is 0 Å². The molecule has 0 aliphatic heterocycles. The lowest BCUT2D eigenvalue weighted by Gasteiger charge is -2.08. The Labute approximate surface area is 185 Å². The quantitative estimate of drug-likeness (QED) is 0.384. The van der Waals surface area contributed by atoms with Gasteiger partial charge in [0.25, 0.3) is 0 Å². The van der Waals surface area contributed by atoms with Crippen LogP contribution in [0.15, 0.2) is 91.0 Å². The van der Waals surface area contributed by atoms with Crippen molar-refractivity contribution in [3.63, 3.8) is 0 Å². The van der Waals surface area contributed by atoms with Gasteiger partial charge in [-0.2, -0.15) is 0 Å². The number of aryl methyl sites for hydroxylation is 3. The van der Waals surface area contributed by atoms with Crippen LogP contribution in [0.25, 0.3) is 0 Å². The van der Waals surface area contributed by atoms with Crippen molar-refractivity contribution in [1.29, 1.82) is 0 Å². The van der Waals surface area contributed by atoms with Gasteiger partial charge in [-0.3, -0.25) is 0 Å². The van der Waals surface area contributed by atoms with Crippen LogP contribution >= 0.6 is 0 Å². The third-order valence-electron chi connectivity index (χ3n) is 5.27. The molecule has 0 aliphatic rings. The van der Waals surface area contributed by atoms with Gasteiger partial charge >= 0.3 is 0 Å². The van der Waals surface area contributed by atoms with Gasteiger partial charge in [-0.05, 0) is 66.6 Å². The Morgan fingerprint density at radius 2 is 1.06 bits per heavy atom. The summed E-state index contributed by atoms with van der Waals surface area (Å²) >= 11 is 0. The zero-order valence-electron chi connectivity index (χ0n) is 18.5. The summed E-state index contributed by atoms with van der Waals surface area (Å²) in [6, 6.07) is 30.5. The Hall–Kier alpha value is -3.52. The summed E-state index contributed by atoms with van der Waals surface area (Å²) in [4.78, 5) is 0. The highest BCUT2D eigenvalue weighted by Crippen LogP contribution is 2.23. The Bertz CT molecular complexity index is 1090. The molecule has 4 rings (SSSR count). The fourth-order valence-corrected chi connectivity index (χ4v) is 3.71. The van der Waals surface area contributed by atoms with Crippen molar-refractivity contribution >= 4 is 0 Å². The molecule has 0 radical (unpaired) electrons. The second-order valence-corrected chi connectivity index (χ2v) is 8.04. The van der Waals surface area contributed by atoms with E-state index in [4.69, 9.17) is 0 Å². The number of benzene rings is 4. The molecule has 0 bridgehead atoms. The van der Waals surface area contributed by atoms with Crippen molar-refractivity contribution in [2.45, 2.75) is 33.6 Å². The minimum absolute atomic E-state index is 0.371. The topological polar surface area (TPSA) is 40.5 Å². The molecular formula is C29H30O2. The number of hydrogen-bond acceptors (Lipinski definition) is 2. The molecule has 31 heavy (non-hydrogen) atoms. The first-order chi connectivity index (χ1) is 14.9. The molecular weight excluding hydrogens is 380 g/mol. The van der Waals surface area contributed by atoms with E-state index in [1.165, 1.54) is 22.3 Å². The largest absolute Gasteiger partial charge is 0.508 e. The summed E-state index contributed by atoms with van der Waals surface area (Å²) < 4.78 is 0. The van der Waals surface area contributed by atoms with E-state index in [0.29, 0.717) is 11.5 Å². The Morgan fingerprint density at radius 3 is 1.61 bits per heavy atom. The summed E-state index contributed by atoms with van der Waals surface area (Å²) in [5.74, 6) is 0.793. The monoisotopic (exact) mass is 410 g/mol. The molecule has 0 atom stereocenters. The molecule has 2 nitrogen and oxygen atoms in total. The van der Waals surface area contributed by atoms with E-state index in [0.717, 1.165) is 29.5 Å². The van der Waals surface area contributed by atoms with E-state index in [1.807, 2.05) is 63.2 Å². The predicted octanol–water partition coefficient (Wildman–Crippen LogP) is 6.89. The Balaban J connectivity index is 0.000000229. The zero-order chi connectivity index (χ0) is 22.2. The van der Waals surface area contributed by atoms with Gasteiger partial charge < -0.3 is 10.2 Å². The van der Waals surface area contributed by atoms with Crippen molar-refractivity contribution in [1.82, 2.24) is 0 Å². The van der Waals surface area contributed by atoms with Crippen LogP contribution in [0.4, 0.5) is 0 Å². The average Bonchev–Trinajstić information content (AvgIpc) is 2.76. The highest BCUT2D eigenvalue weighted by Gasteiger charge is 2.05. The third-order valence-corrected chi connectivity index (χ3v) is 5.27. The lowest BCUT2D eigenvalue weighted by molar-refractivity contribution is 0.466. The number of rotatable bonds is 4. The van der Waals surface area contributed by atoms with Gasteiger partial charge in [0.05, 0.1) is 0 Å². The lowest BCUT2D eigenvalue weighted by Crippen LogP contribution is -1.93. The van der Waals surface area contributed by atoms with Gasteiger partial charge in [-0.25, -0.2) is 0 Å². The zero-order valence-corrected chi connectivity index (χ0v) is 18.5. The van der Waals surface area contributed by atoms with Crippen LogP contribution in [0.5, 0.6) is 11.5 Å². The molecule has 0 amide bonds. The maximum absolute atomic E-state index is 10.1. The SMILES string of the molecule is Cc1cc(C)c(O)c(C)c1.Oc1ccc(Cc2ccccc2)cc1Cc1ccccc1. The van der Waals surface area contributed by atoms with Gasteiger partial charge in [0.15, 0.2) is 0 Å². The van der Waals surface area contributed by atoms with Crippen molar-refractivity contribution in [3.05, 3.63) is 130 Å². The molecule has 0 aromatic heterocycles. The predicted molar refractivity (Wildman–Crippen MR) is 129 cm³/mol. The van der Waals surface area contributed by atoms with Gasteiger partial charge in [-0.1, -0.05) is 90.5 Å². The molecule has 0 fully saturated rings. The first kappa shape index (κ1) is 22.2. The second-order valence-electron chi connectivity index (χ2n) is 8.04. The molecule has 0 unspecified atom stereocenters. The van der Waals surface area contributed by atoms with Crippen LogP contribution in [0.1, 0.15) is 38.9 Å². The van der Waals surface area contributed by atoms with Crippen LogP contribution in [-0.2, 0) is 12.8 Å². The fraction of sp³-hybridized carbons (Fsp3) is 0.172. The third kappa shape index (κ3) is 6.48. The molecule has 0 heterocycles. The molecule has 2 N–H and O–H groups in total. The number of aromatic hydroxyl groups is 2. The first-order valence-electron chi connectivity index (χ1n) is 10.6. The van der Waals surface area contributed by atoms with Gasteiger partial charge in [-0.15, -0.1) is 0 Å². The van der Waals surface area contributed by atoms with Crippen LogP contribution in [-0.4, -0.2) is 10.2 Å². The minimum atomic E-state index is 0.371. The molecule has 0 saturated carbocycles. The van der Waals surface area contributed by atoms with Crippen LogP contribution in [0.2, 0.25) is 0 Å². The van der Waals surface area contributed by atoms with Crippen LogP contribution in [0.3, 0.4) is 0 Å². The molecule has 0 saturated heterocycles. The van der Waals surface area contributed by atoms with E-state index in [2.05, 4.69) is 42.5 Å². The average molecular weight is 411 g/mol. The molecule has 2 heteroatoms. The first-order valence-corrected chi connectivity index (χ1v) is 10.6. The van der Waals surface area contributed by atoms with Gasteiger partial charge in [0.2, 0.25) is 0 Å². The summed E-state index contributed by atoms with van der Waals surface area (Å²) in [6.07, 6.45) is 1.65. The fourth-order valence-electron chi connectivity index (χ4n) is 3.71. The highest BCUT2D eigenvalue weighted by atomic mass is 16.3. The smallest absolute Gasteiger partial charge is 0.121 e. The maximum atomic E-state index is 10.1. The van der Waals surface area contributed by atoms with Crippen molar-refractivity contribution in [2.24, 2.45) is 0 Å². The van der Waals surface area contributed by atoms with Gasteiger partial charge in [0, 0.05) is 6.42 Å². The molecule has 0 aliphatic carbocycles. The minimum Gasteiger partial charge on any atom is -0.508 e. The maximum Gasteiger partial charge on any atom is 0.121 e. The van der Waals surface area contributed by atoms with E-state index in [9.17, 15) is 10.2 Å². The van der Waals surface area contributed by atoms with E-state index in [1.54, 1.807) is 6.07 Å². The van der Waals surface area contributed by atoms with Crippen molar-refractivity contribution in [3.8, 4) is 11.5 Å². The Kier molecular flexibility index (Phi) is 7.50. The van der Waals surface area contributed by atoms with Crippen molar-refractivity contribution < 1.29 is 10.2 Å². The molecule has 0 spiro atoms.